The molecule has 0 aliphatic rings. The second kappa shape index (κ2) is 9.44. The van der Waals surface area contributed by atoms with Crippen molar-refractivity contribution in [3.63, 3.8) is 0 Å². The Kier molecular flexibility index (Phi) is 6.26. The quantitative estimate of drug-likeness (QED) is 0.467. The standard InChI is InChI=1S/C25H23N3O5/c1-28-24(27-20-7-5-4-6-19(20)25(28)30)16-8-11-18(12-9-16)33-15-23(29)26-17-10-13-21(31-2)22(14-17)32-3/h4-14H,15H2,1-3H3,(H,26,29). The number of hydrogen-bond donors (Lipinski definition) is 1. The number of anilines is 1. The molecule has 0 aliphatic carbocycles. The number of amides is 1. The van der Waals surface area contributed by atoms with Crippen LogP contribution in [-0.2, 0) is 11.8 Å². The first-order chi connectivity index (χ1) is 16.0. The molecule has 3 aromatic carbocycles. The Bertz CT molecular complexity index is 1360. The lowest BCUT2D eigenvalue weighted by Crippen LogP contribution is -2.20. The van der Waals surface area contributed by atoms with Gasteiger partial charge in [0.05, 0.1) is 25.1 Å². The Morgan fingerprint density at radius 2 is 1.70 bits per heavy atom. The van der Waals surface area contributed by atoms with Crippen molar-refractivity contribution in [1.29, 1.82) is 0 Å². The van der Waals surface area contributed by atoms with Crippen molar-refractivity contribution in [3.8, 4) is 28.6 Å². The summed E-state index contributed by atoms with van der Waals surface area (Å²) >= 11 is 0. The SMILES string of the molecule is COc1ccc(NC(=O)COc2ccc(-c3nc4ccccc4c(=O)n3C)cc2)cc1OC. The number of para-hydroxylation sites is 1. The zero-order valence-corrected chi connectivity index (χ0v) is 18.5. The normalized spacial score (nSPS) is 10.6. The molecule has 0 atom stereocenters. The van der Waals surface area contributed by atoms with Gasteiger partial charge in [0.15, 0.2) is 18.1 Å². The van der Waals surface area contributed by atoms with E-state index >= 15 is 0 Å². The molecule has 4 aromatic rings. The lowest BCUT2D eigenvalue weighted by atomic mass is 10.1. The first-order valence-electron chi connectivity index (χ1n) is 10.2. The van der Waals surface area contributed by atoms with E-state index in [2.05, 4.69) is 10.3 Å². The van der Waals surface area contributed by atoms with Gasteiger partial charge in [-0.1, -0.05) is 12.1 Å². The van der Waals surface area contributed by atoms with Crippen LogP contribution >= 0.6 is 0 Å². The minimum absolute atomic E-state index is 0.109. The van der Waals surface area contributed by atoms with Crippen LogP contribution in [0.15, 0.2) is 71.5 Å². The van der Waals surface area contributed by atoms with Gasteiger partial charge >= 0.3 is 0 Å². The molecular formula is C25H23N3O5. The molecule has 4 rings (SSSR count). The molecule has 0 aliphatic heterocycles. The molecule has 1 amide bonds. The molecule has 1 N–H and O–H groups in total. The predicted octanol–water partition coefficient (Wildman–Crippen LogP) is 3.64. The first-order valence-corrected chi connectivity index (χ1v) is 10.2. The molecule has 0 fully saturated rings. The molecular weight excluding hydrogens is 422 g/mol. The van der Waals surface area contributed by atoms with E-state index in [4.69, 9.17) is 14.2 Å². The Balaban J connectivity index is 1.43. The van der Waals surface area contributed by atoms with Crippen LogP contribution in [0.25, 0.3) is 22.3 Å². The fourth-order valence-electron chi connectivity index (χ4n) is 3.44. The monoisotopic (exact) mass is 445 g/mol. The number of fused-ring (bicyclic) bond motifs is 1. The van der Waals surface area contributed by atoms with Crippen molar-refractivity contribution in [2.24, 2.45) is 7.05 Å². The third kappa shape index (κ3) is 4.64. The van der Waals surface area contributed by atoms with Crippen molar-refractivity contribution in [1.82, 2.24) is 9.55 Å². The zero-order valence-electron chi connectivity index (χ0n) is 18.5. The Morgan fingerprint density at radius 3 is 2.42 bits per heavy atom. The van der Waals surface area contributed by atoms with Crippen molar-refractivity contribution in [2.75, 3.05) is 26.1 Å². The van der Waals surface area contributed by atoms with Crippen molar-refractivity contribution < 1.29 is 19.0 Å². The van der Waals surface area contributed by atoms with Crippen LogP contribution in [0.5, 0.6) is 17.2 Å². The van der Waals surface area contributed by atoms with Crippen LogP contribution in [0.2, 0.25) is 0 Å². The molecule has 33 heavy (non-hydrogen) atoms. The Morgan fingerprint density at radius 1 is 0.970 bits per heavy atom. The minimum atomic E-state index is -0.315. The van der Waals surface area contributed by atoms with E-state index in [1.165, 1.54) is 11.7 Å². The maximum Gasteiger partial charge on any atom is 0.262 e. The summed E-state index contributed by atoms with van der Waals surface area (Å²) in [7, 11) is 4.77. The average molecular weight is 445 g/mol. The maximum atomic E-state index is 12.6. The molecule has 0 saturated carbocycles. The van der Waals surface area contributed by atoms with Crippen LogP contribution in [0, 0.1) is 0 Å². The highest BCUT2D eigenvalue weighted by atomic mass is 16.5. The summed E-state index contributed by atoms with van der Waals surface area (Å²) in [6.07, 6.45) is 0. The minimum Gasteiger partial charge on any atom is -0.493 e. The van der Waals surface area contributed by atoms with Gasteiger partial charge in [-0.05, 0) is 48.5 Å². The lowest BCUT2D eigenvalue weighted by molar-refractivity contribution is -0.118. The summed E-state index contributed by atoms with van der Waals surface area (Å²) in [5.41, 5.74) is 1.87. The van der Waals surface area contributed by atoms with Crippen molar-refractivity contribution in [3.05, 3.63) is 77.1 Å². The molecule has 8 heteroatoms. The molecule has 168 valence electrons. The van der Waals surface area contributed by atoms with Gasteiger partial charge in [-0.25, -0.2) is 4.98 Å². The number of ether oxygens (including phenoxy) is 3. The fraction of sp³-hybridized carbons (Fsp3) is 0.160. The number of aromatic nitrogens is 2. The summed E-state index contributed by atoms with van der Waals surface area (Å²) in [5, 5.41) is 3.33. The second-order valence-electron chi connectivity index (χ2n) is 7.25. The van der Waals surface area contributed by atoms with Crippen LogP contribution in [0.4, 0.5) is 5.69 Å². The van der Waals surface area contributed by atoms with Gasteiger partial charge in [-0.15, -0.1) is 0 Å². The van der Waals surface area contributed by atoms with Gasteiger partial charge in [-0.2, -0.15) is 0 Å². The number of hydrogen-bond acceptors (Lipinski definition) is 6. The summed E-state index contributed by atoms with van der Waals surface area (Å²) < 4.78 is 17.6. The fourth-order valence-corrected chi connectivity index (χ4v) is 3.44. The highest BCUT2D eigenvalue weighted by molar-refractivity contribution is 5.92. The molecule has 1 heterocycles. The molecule has 0 spiro atoms. The first kappa shape index (κ1) is 21.9. The second-order valence-corrected chi connectivity index (χ2v) is 7.25. The van der Waals surface area contributed by atoms with Crippen LogP contribution in [0.3, 0.4) is 0 Å². The summed E-state index contributed by atoms with van der Waals surface area (Å²) in [6.45, 7) is -0.166. The molecule has 0 saturated heterocycles. The number of rotatable bonds is 7. The highest BCUT2D eigenvalue weighted by Gasteiger charge is 2.11. The lowest BCUT2D eigenvalue weighted by Gasteiger charge is -2.12. The Labute approximate surface area is 190 Å². The highest BCUT2D eigenvalue weighted by Crippen LogP contribution is 2.29. The van der Waals surface area contributed by atoms with Crippen LogP contribution in [0.1, 0.15) is 0 Å². The van der Waals surface area contributed by atoms with Gasteiger partial charge in [0.25, 0.3) is 11.5 Å². The van der Waals surface area contributed by atoms with Crippen molar-refractivity contribution in [2.45, 2.75) is 0 Å². The predicted molar refractivity (Wildman–Crippen MR) is 126 cm³/mol. The molecule has 1 aromatic heterocycles. The topological polar surface area (TPSA) is 91.7 Å². The number of methoxy groups -OCH3 is 2. The molecule has 0 bridgehead atoms. The largest absolute Gasteiger partial charge is 0.493 e. The summed E-state index contributed by atoms with van der Waals surface area (Å²) in [4.78, 5) is 29.5. The summed E-state index contributed by atoms with van der Waals surface area (Å²) in [6, 6.07) is 19.4. The number of nitrogens with one attached hydrogen (secondary N) is 1. The van der Waals surface area contributed by atoms with Crippen molar-refractivity contribution >= 4 is 22.5 Å². The van der Waals surface area contributed by atoms with Gasteiger partial charge < -0.3 is 19.5 Å². The van der Waals surface area contributed by atoms with E-state index in [1.807, 2.05) is 18.2 Å². The van der Waals surface area contributed by atoms with Gasteiger partial charge in [-0.3, -0.25) is 14.2 Å². The van der Waals surface area contributed by atoms with E-state index in [0.29, 0.717) is 39.7 Å². The number of benzene rings is 3. The third-order valence-corrected chi connectivity index (χ3v) is 5.13. The molecule has 0 unspecified atom stereocenters. The number of carbonyl (C=O) groups excluding carboxylic acids is 1. The van der Waals surface area contributed by atoms with Gasteiger partial charge in [0, 0.05) is 24.4 Å². The Hall–Kier alpha value is -4.33. The van der Waals surface area contributed by atoms with Gasteiger partial charge in [0.2, 0.25) is 0 Å². The smallest absolute Gasteiger partial charge is 0.262 e. The zero-order chi connectivity index (χ0) is 23.4. The van der Waals surface area contributed by atoms with Crippen LogP contribution in [-0.4, -0.2) is 36.3 Å². The van der Waals surface area contributed by atoms with E-state index in [1.54, 1.807) is 62.7 Å². The molecule has 0 radical (unpaired) electrons. The maximum absolute atomic E-state index is 12.6. The average Bonchev–Trinajstić information content (AvgIpc) is 2.85. The third-order valence-electron chi connectivity index (χ3n) is 5.13. The summed E-state index contributed by atoms with van der Waals surface area (Å²) in [5.74, 6) is 1.85. The van der Waals surface area contributed by atoms with E-state index < -0.39 is 0 Å². The molecule has 8 nitrogen and oxygen atoms in total. The van der Waals surface area contributed by atoms with Crippen LogP contribution < -0.4 is 25.1 Å². The van der Waals surface area contributed by atoms with Gasteiger partial charge in [0.1, 0.15) is 11.6 Å². The van der Waals surface area contributed by atoms with E-state index in [0.717, 1.165) is 5.56 Å². The number of carbonyl (C=O) groups is 1. The van der Waals surface area contributed by atoms with E-state index in [-0.39, 0.29) is 18.1 Å². The number of nitrogens with zero attached hydrogens (tertiary/aromatic N) is 2. The van der Waals surface area contributed by atoms with E-state index in [9.17, 15) is 9.59 Å².